The molecule has 1 aromatic heterocycles. The molecule has 0 aliphatic heterocycles. The highest BCUT2D eigenvalue weighted by molar-refractivity contribution is 9.11. The molecule has 6 heteroatoms. The van der Waals surface area contributed by atoms with Crippen LogP contribution in [0.1, 0.15) is 25.3 Å². The van der Waals surface area contributed by atoms with Crippen molar-refractivity contribution in [2.24, 2.45) is 5.73 Å². The fourth-order valence-electron chi connectivity index (χ4n) is 1.50. The number of carbonyl (C=O) groups is 1. The van der Waals surface area contributed by atoms with Gasteiger partial charge in [-0.05, 0) is 39.4 Å². The molecule has 1 heterocycles. The Kier molecular flexibility index (Phi) is 8.03. The number of hydrogen-bond donors (Lipinski definition) is 1. The first-order chi connectivity index (χ1) is 7.54. The summed E-state index contributed by atoms with van der Waals surface area (Å²) in [5.74, 6) is 0.0178. The van der Waals surface area contributed by atoms with Crippen LogP contribution in [0.15, 0.2) is 15.2 Å². The number of amides is 1. The Bertz CT molecular complexity index is 359. The predicted molar refractivity (Wildman–Crippen MR) is 78.6 cm³/mol. The summed E-state index contributed by atoms with van der Waals surface area (Å²) in [6.45, 7) is 2.65. The maximum absolute atomic E-state index is 11.8. The molecule has 0 spiro atoms. The fraction of sp³-hybridized carbons (Fsp3) is 0.545. The first-order valence-electron chi connectivity index (χ1n) is 5.28. The molecule has 0 bridgehead atoms. The maximum atomic E-state index is 11.8. The molecule has 0 saturated heterocycles. The summed E-state index contributed by atoms with van der Waals surface area (Å²) >= 11 is 5.03. The second-order valence-electron chi connectivity index (χ2n) is 3.85. The third kappa shape index (κ3) is 5.38. The van der Waals surface area contributed by atoms with E-state index in [0.29, 0.717) is 6.54 Å². The van der Waals surface area contributed by atoms with Gasteiger partial charge in [-0.25, -0.2) is 0 Å². The Hall–Kier alpha value is -0.100. The zero-order chi connectivity index (χ0) is 12.1. The lowest BCUT2D eigenvalue weighted by Crippen LogP contribution is -2.41. The molecular weight excluding hydrogens is 324 g/mol. The molecule has 0 saturated carbocycles. The van der Waals surface area contributed by atoms with Gasteiger partial charge in [0.1, 0.15) is 0 Å². The van der Waals surface area contributed by atoms with Gasteiger partial charge < -0.3 is 10.6 Å². The van der Waals surface area contributed by atoms with Crippen LogP contribution in [0.4, 0.5) is 0 Å². The largest absolute Gasteiger partial charge is 0.340 e. The quantitative estimate of drug-likeness (QED) is 0.895. The highest BCUT2D eigenvalue weighted by Gasteiger charge is 2.17. The number of carbonyl (C=O) groups excluding carboxylic acids is 1. The summed E-state index contributed by atoms with van der Waals surface area (Å²) < 4.78 is 1.08. The monoisotopic (exact) mass is 340 g/mol. The molecule has 98 valence electrons. The number of halogens is 2. The van der Waals surface area contributed by atoms with Crippen LogP contribution in [0.25, 0.3) is 0 Å². The van der Waals surface area contributed by atoms with Gasteiger partial charge in [0.15, 0.2) is 0 Å². The van der Waals surface area contributed by atoms with Crippen LogP contribution >= 0.6 is 39.7 Å². The van der Waals surface area contributed by atoms with Gasteiger partial charge in [0.25, 0.3) is 0 Å². The van der Waals surface area contributed by atoms with Crippen molar-refractivity contribution < 1.29 is 4.79 Å². The third-order valence-electron chi connectivity index (χ3n) is 2.33. The van der Waals surface area contributed by atoms with E-state index in [9.17, 15) is 4.79 Å². The molecule has 1 amide bonds. The summed E-state index contributed by atoms with van der Waals surface area (Å²) in [5, 5.41) is 2.04. The van der Waals surface area contributed by atoms with E-state index in [2.05, 4.69) is 15.9 Å². The van der Waals surface area contributed by atoms with Crippen molar-refractivity contribution >= 4 is 45.6 Å². The van der Waals surface area contributed by atoms with Crippen LogP contribution in [-0.4, -0.2) is 23.9 Å². The van der Waals surface area contributed by atoms with Crippen molar-refractivity contribution in [3.8, 4) is 0 Å². The van der Waals surface area contributed by atoms with Crippen LogP contribution in [0.5, 0.6) is 0 Å². The molecular formula is C11H18BrClN2OS. The van der Waals surface area contributed by atoms with Crippen molar-refractivity contribution in [3.63, 3.8) is 0 Å². The molecule has 2 N–H and O–H groups in total. The van der Waals surface area contributed by atoms with E-state index in [-0.39, 0.29) is 24.4 Å². The lowest BCUT2D eigenvalue weighted by Gasteiger charge is -2.20. The first kappa shape index (κ1) is 16.9. The van der Waals surface area contributed by atoms with Gasteiger partial charge in [-0.1, -0.05) is 13.3 Å². The second-order valence-corrected chi connectivity index (χ2v) is 6.14. The highest BCUT2D eigenvalue weighted by Crippen LogP contribution is 2.21. The summed E-state index contributed by atoms with van der Waals surface area (Å²) in [4.78, 5) is 13.5. The van der Waals surface area contributed by atoms with Gasteiger partial charge in [-0.15, -0.1) is 23.7 Å². The van der Waals surface area contributed by atoms with Gasteiger partial charge >= 0.3 is 0 Å². The van der Waals surface area contributed by atoms with Gasteiger partial charge in [-0.2, -0.15) is 0 Å². The summed E-state index contributed by atoms with van der Waals surface area (Å²) in [5.41, 5.74) is 6.93. The molecule has 1 atom stereocenters. The summed E-state index contributed by atoms with van der Waals surface area (Å²) in [6.07, 6.45) is 1.68. The molecule has 1 rings (SSSR count). The number of hydrogen-bond acceptors (Lipinski definition) is 3. The molecule has 1 aromatic rings. The zero-order valence-electron chi connectivity index (χ0n) is 9.98. The Morgan fingerprint density at radius 3 is 2.76 bits per heavy atom. The minimum atomic E-state index is -0.364. The van der Waals surface area contributed by atoms with Gasteiger partial charge in [0.2, 0.25) is 5.91 Å². The fourth-order valence-corrected chi connectivity index (χ4v) is 2.70. The van der Waals surface area contributed by atoms with E-state index in [1.165, 1.54) is 0 Å². The number of rotatable bonds is 5. The van der Waals surface area contributed by atoms with Crippen molar-refractivity contribution in [2.45, 2.75) is 32.4 Å². The molecule has 1 unspecified atom stereocenters. The molecule has 0 aliphatic rings. The molecule has 3 nitrogen and oxygen atoms in total. The van der Waals surface area contributed by atoms with Gasteiger partial charge in [0.05, 0.1) is 9.83 Å². The topological polar surface area (TPSA) is 46.3 Å². The molecule has 17 heavy (non-hydrogen) atoms. The molecule has 0 aliphatic carbocycles. The second kappa shape index (κ2) is 8.08. The van der Waals surface area contributed by atoms with Crippen molar-refractivity contribution in [1.29, 1.82) is 0 Å². The van der Waals surface area contributed by atoms with Crippen LogP contribution in [0, 0.1) is 0 Å². The van der Waals surface area contributed by atoms with Gasteiger partial charge in [0, 0.05) is 13.6 Å². The van der Waals surface area contributed by atoms with Crippen LogP contribution in [0.3, 0.4) is 0 Å². The smallest absolute Gasteiger partial charge is 0.239 e. The third-order valence-corrected chi connectivity index (χ3v) is 3.89. The zero-order valence-corrected chi connectivity index (χ0v) is 13.2. The van der Waals surface area contributed by atoms with Crippen LogP contribution in [-0.2, 0) is 11.3 Å². The van der Waals surface area contributed by atoms with Gasteiger partial charge in [-0.3, -0.25) is 4.79 Å². The van der Waals surface area contributed by atoms with E-state index in [1.807, 2.05) is 18.4 Å². The Morgan fingerprint density at radius 2 is 2.29 bits per heavy atom. The minimum Gasteiger partial charge on any atom is -0.340 e. The standard InChI is InChI=1S/C11H17BrN2OS.ClH/c1-3-4-9(13)11(15)14(2)6-8-5-10(12)16-7-8;/h5,7,9H,3-4,6,13H2,1-2H3;1H. The first-order valence-corrected chi connectivity index (χ1v) is 6.95. The normalized spacial score (nSPS) is 11.8. The van der Waals surface area contributed by atoms with E-state index in [1.54, 1.807) is 23.3 Å². The number of thiophene rings is 1. The number of nitrogens with two attached hydrogens (primary N) is 1. The lowest BCUT2D eigenvalue weighted by molar-refractivity contribution is -0.131. The average molecular weight is 342 g/mol. The van der Waals surface area contributed by atoms with E-state index < -0.39 is 0 Å². The minimum absolute atomic E-state index is 0. The van der Waals surface area contributed by atoms with E-state index in [0.717, 1.165) is 22.2 Å². The average Bonchev–Trinajstić information content (AvgIpc) is 2.63. The Balaban J connectivity index is 0.00000256. The van der Waals surface area contributed by atoms with E-state index in [4.69, 9.17) is 5.73 Å². The maximum Gasteiger partial charge on any atom is 0.239 e. The van der Waals surface area contributed by atoms with Crippen molar-refractivity contribution in [2.75, 3.05) is 7.05 Å². The molecule has 0 fully saturated rings. The molecule has 0 aromatic carbocycles. The van der Waals surface area contributed by atoms with Crippen molar-refractivity contribution in [3.05, 3.63) is 20.8 Å². The summed E-state index contributed by atoms with van der Waals surface area (Å²) in [7, 11) is 1.80. The van der Waals surface area contributed by atoms with Crippen molar-refractivity contribution in [1.82, 2.24) is 4.90 Å². The summed E-state index contributed by atoms with van der Waals surface area (Å²) in [6, 6.07) is 1.66. The Morgan fingerprint density at radius 1 is 1.65 bits per heavy atom. The highest BCUT2D eigenvalue weighted by atomic mass is 79.9. The molecule has 0 radical (unpaired) electrons. The lowest BCUT2D eigenvalue weighted by atomic mass is 10.1. The van der Waals surface area contributed by atoms with Crippen LogP contribution in [0.2, 0.25) is 0 Å². The Labute approximate surface area is 121 Å². The van der Waals surface area contributed by atoms with E-state index >= 15 is 0 Å². The SMILES string of the molecule is CCCC(N)C(=O)N(C)Cc1csc(Br)c1.Cl. The number of likely N-dealkylation sites (N-methyl/N-ethyl adjacent to an activating group) is 1. The number of nitrogens with zero attached hydrogens (tertiary/aromatic N) is 1. The predicted octanol–water partition coefficient (Wildman–Crippen LogP) is 3.02. The van der Waals surface area contributed by atoms with Crippen LogP contribution < -0.4 is 5.73 Å².